The fourth-order valence-corrected chi connectivity index (χ4v) is 6.94. The number of hydrogen-bond donors (Lipinski definition) is 1. The normalized spacial score (nSPS) is 37.2. The van der Waals surface area contributed by atoms with Crippen LogP contribution < -0.4 is 5.73 Å². The Bertz CT molecular complexity index is 607. The van der Waals surface area contributed by atoms with Crippen LogP contribution in [0.15, 0.2) is 0 Å². The number of ketones is 1. The van der Waals surface area contributed by atoms with Gasteiger partial charge >= 0.3 is 0 Å². The van der Waals surface area contributed by atoms with Crippen LogP contribution in [0.2, 0.25) is 0 Å². The number of rotatable bonds is 4. The van der Waals surface area contributed by atoms with Crippen LogP contribution in [-0.2, 0) is 19.6 Å². The highest BCUT2D eigenvalue weighted by atomic mass is 35.5. The Morgan fingerprint density at radius 3 is 2.58 bits per heavy atom. The predicted molar refractivity (Wildman–Crippen MR) is 94.6 cm³/mol. The number of Topliss-reactive ketones (excluding diaryl/α,β-unsaturated/α-hetero) is 1. The van der Waals surface area contributed by atoms with Crippen molar-refractivity contribution in [3.8, 4) is 0 Å². The van der Waals surface area contributed by atoms with Crippen LogP contribution in [-0.4, -0.2) is 56.1 Å². The summed E-state index contributed by atoms with van der Waals surface area (Å²) in [6, 6.07) is -0.216. The maximum atomic E-state index is 13.0. The Morgan fingerprint density at radius 1 is 1.42 bits per heavy atom. The largest absolute Gasteiger partial charge is 0.374 e. The van der Waals surface area contributed by atoms with E-state index in [0.29, 0.717) is 31.9 Å². The first-order chi connectivity index (χ1) is 10.6. The molecule has 0 spiro atoms. The molecule has 6 nitrogen and oxygen atoms in total. The SMILES string of the molecule is CC(N)C1CN(S(=O)(=O)CC23CCC(CC2=O)C3(C)C)CCO1.Cl. The molecule has 2 bridgehead atoms. The molecule has 4 atom stereocenters. The molecule has 2 aliphatic carbocycles. The second-order valence-corrected chi connectivity index (χ2v) is 10.0. The lowest BCUT2D eigenvalue weighted by Crippen LogP contribution is -2.54. The summed E-state index contributed by atoms with van der Waals surface area (Å²) in [6.45, 7) is 6.95. The molecule has 1 saturated heterocycles. The summed E-state index contributed by atoms with van der Waals surface area (Å²) in [4.78, 5) is 12.6. The number of morpholine rings is 1. The van der Waals surface area contributed by atoms with Gasteiger partial charge in [-0.25, -0.2) is 8.42 Å². The van der Waals surface area contributed by atoms with Gasteiger partial charge in [-0.3, -0.25) is 4.79 Å². The smallest absolute Gasteiger partial charge is 0.215 e. The lowest BCUT2D eigenvalue weighted by molar-refractivity contribution is -0.128. The summed E-state index contributed by atoms with van der Waals surface area (Å²) in [7, 11) is -3.50. The Morgan fingerprint density at radius 2 is 2.08 bits per heavy atom. The summed E-state index contributed by atoms with van der Waals surface area (Å²) in [5, 5.41) is 0. The molecule has 0 aromatic rings. The summed E-state index contributed by atoms with van der Waals surface area (Å²) < 4.78 is 33.0. The van der Waals surface area contributed by atoms with Crippen molar-refractivity contribution >= 4 is 28.2 Å². The summed E-state index contributed by atoms with van der Waals surface area (Å²) >= 11 is 0. The number of nitrogens with two attached hydrogens (primary N) is 1. The molecule has 0 aromatic carbocycles. The number of sulfonamides is 1. The average molecular weight is 381 g/mol. The van der Waals surface area contributed by atoms with Crippen molar-refractivity contribution in [3.63, 3.8) is 0 Å². The maximum Gasteiger partial charge on any atom is 0.215 e. The predicted octanol–water partition coefficient (Wildman–Crippen LogP) is 1.18. The van der Waals surface area contributed by atoms with E-state index in [1.165, 1.54) is 4.31 Å². The first-order valence-electron chi connectivity index (χ1n) is 8.48. The van der Waals surface area contributed by atoms with E-state index in [2.05, 4.69) is 13.8 Å². The van der Waals surface area contributed by atoms with E-state index in [0.717, 1.165) is 6.42 Å². The molecule has 2 saturated carbocycles. The number of carbonyl (C=O) groups is 1. The van der Waals surface area contributed by atoms with Gasteiger partial charge in [-0.15, -0.1) is 12.4 Å². The van der Waals surface area contributed by atoms with Gasteiger partial charge in [0.2, 0.25) is 10.0 Å². The second-order valence-electron chi connectivity index (χ2n) is 8.05. The lowest BCUT2D eigenvalue weighted by Gasteiger charge is -2.39. The van der Waals surface area contributed by atoms with Crippen LogP contribution in [0.1, 0.15) is 40.0 Å². The number of halogens is 1. The monoisotopic (exact) mass is 380 g/mol. The zero-order chi connectivity index (χ0) is 17.0. The van der Waals surface area contributed by atoms with E-state index in [4.69, 9.17) is 10.5 Å². The first kappa shape index (κ1) is 20.1. The number of carbonyl (C=O) groups excluding carboxylic acids is 1. The molecule has 0 aromatic heterocycles. The standard InChI is InChI=1S/C16H28N2O4S.ClH/c1-11(17)13-9-18(6-7-22-13)23(20,21)10-16-5-4-12(8-14(16)19)15(16,2)3;/h11-13H,4-10,17H2,1-3H3;1H. The Balaban J connectivity index is 0.00000208. The third-order valence-corrected chi connectivity index (χ3v) is 8.58. The molecule has 4 unspecified atom stereocenters. The minimum atomic E-state index is -3.50. The molecule has 3 fully saturated rings. The molecule has 3 aliphatic rings. The molecule has 0 radical (unpaired) electrons. The highest BCUT2D eigenvalue weighted by Gasteiger charge is 2.65. The van der Waals surface area contributed by atoms with E-state index in [-0.39, 0.29) is 48.0 Å². The summed E-state index contributed by atoms with van der Waals surface area (Å²) in [5.74, 6) is 0.402. The molecule has 1 heterocycles. The summed E-state index contributed by atoms with van der Waals surface area (Å²) in [6.07, 6.45) is 1.91. The fraction of sp³-hybridized carbons (Fsp3) is 0.938. The lowest BCUT2D eigenvalue weighted by atomic mass is 9.70. The molecule has 24 heavy (non-hydrogen) atoms. The van der Waals surface area contributed by atoms with E-state index >= 15 is 0 Å². The van der Waals surface area contributed by atoms with Crippen LogP contribution in [0.25, 0.3) is 0 Å². The highest BCUT2D eigenvalue weighted by Crippen LogP contribution is 2.64. The van der Waals surface area contributed by atoms with Crippen molar-refractivity contribution < 1.29 is 17.9 Å². The molecule has 8 heteroatoms. The van der Waals surface area contributed by atoms with Crippen LogP contribution in [0, 0.1) is 16.7 Å². The van der Waals surface area contributed by atoms with Gasteiger partial charge in [0.1, 0.15) is 5.78 Å². The number of hydrogen-bond acceptors (Lipinski definition) is 5. The quantitative estimate of drug-likeness (QED) is 0.790. The van der Waals surface area contributed by atoms with Crippen molar-refractivity contribution in [1.29, 1.82) is 0 Å². The minimum Gasteiger partial charge on any atom is -0.374 e. The Kier molecular flexibility index (Phi) is 5.45. The van der Waals surface area contributed by atoms with E-state index in [1.54, 1.807) is 0 Å². The van der Waals surface area contributed by atoms with Gasteiger partial charge < -0.3 is 10.5 Å². The van der Waals surface area contributed by atoms with Crippen LogP contribution in [0.3, 0.4) is 0 Å². The molecular weight excluding hydrogens is 352 g/mol. The molecule has 1 aliphatic heterocycles. The zero-order valence-electron chi connectivity index (χ0n) is 14.7. The minimum absolute atomic E-state index is 0. The third kappa shape index (κ3) is 2.92. The Hall–Kier alpha value is -0.210. The number of nitrogens with zero attached hydrogens (tertiary/aromatic N) is 1. The molecule has 3 rings (SSSR count). The van der Waals surface area contributed by atoms with Crippen LogP contribution >= 0.6 is 12.4 Å². The molecular formula is C16H29ClN2O4S. The second kappa shape index (κ2) is 6.50. The van der Waals surface area contributed by atoms with Crippen LogP contribution in [0.4, 0.5) is 0 Å². The summed E-state index contributed by atoms with van der Waals surface area (Å²) in [5.41, 5.74) is 4.92. The number of ether oxygens (including phenoxy) is 1. The van der Waals surface area contributed by atoms with E-state index in [1.807, 2.05) is 6.92 Å². The van der Waals surface area contributed by atoms with Crippen LogP contribution in [0.5, 0.6) is 0 Å². The fourth-order valence-electron chi connectivity index (χ4n) is 4.73. The molecule has 140 valence electrons. The molecule has 2 N–H and O–H groups in total. The van der Waals surface area contributed by atoms with Crippen molar-refractivity contribution in [1.82, 2.24) is 4.31 Å². The van der Waals surface area contributed by atoms with Gasteiger partial charge in [-0.1, -0.05) is 13.8 Å². The van der Waals surface area contributed by atoms with Gasteiger partial charge in [0.05, 0.1) is 18.5 Å². The molecule has 0 amide bonds. The topological polar surface area (TPSA) is 89.7 Å². The van der Waals surface area contributed by atoms with E-state index in [9.17, 15) is 13.2 Å². The zero-order valence-corrected chi connectivity index (χ0v) is 16.3. The van der Waals surface area contributed by atoms with Gasteiger partial charge in [-0.05, 0) is 31.1 Å². The maximum absolute atomic E-state index is 13.0. The van der Waals surface area contributed by atoms with Gasteiger partial charge in [0.15, 0.2) is 0 Å². The average Bonchev–Trinajstić information content (AvgIpc) is 2.81. The van der Waals surface area contributed by atoms with Gasteiger partial charge in [0, 0.05) is 31.0 Å². The number of fused-ring (bicyclic) bond motifs is 2. The Labute approximate surface area is 150 Å². The van der Waals surface area contributed by atoms with Gasteiger partial charge in [-0.2, -0.15) is 4.31 Å². The highest BCUT2D eigenvalue weighted by molar-refractivity contribution is 7.89. The van der Waals surface area contributed by atoms with Crippen molar-refractivity contribution in [2.24, 2.45) is 22.5 Å². The first-order valence-corrected chi connectivity index (χ1v) is 10.1. The van der Waals surface area contributed by atoms with E-state index < -0.39 is 15.4 Å². The van der Waals surface area contributed by atoms with Gasteiger partial charge in [0.25, 0.3) is 0 Å². The van der Waals surface area contributed by atoms with Crippen molar-refractivity contribution in [3.05, 3.63) is 0 Å². The van der Waals surface area contributed by atoms with Crippen molar-refractivity contribution in [2.75, 3.05) is 25.4 Å². The third-order valence-electron chi connectivity index (χ3n) is 6.60. The van der Waals surface area contributed by atoms with Crippen molar-refractivity contribution in [2.45, 2.75) is 52.2 Å².